The van der Waals surface area contributed by atoms with E-state index in [4.69, 9.17) is 32.7 Å². The lowest BCUT2D eigenvalue weighted by atomic mass is 10.1. The molecule has 0 radical (unpaired) electrons. The zero-order chi connectivity index (χ0) is 17.2. The van der Waals surface area contributed by atoms with E-state index in [-0.39, 0.29) is 0 Å². The van der Waals surface area contributed by atoms with Crippen LogP contribution < -0.4 is 10.6 Å². The second-order valence-corrected chi connectivity index (χ2v) is 6.47. The van der Waals surface area contributed by atoms with Crippen molar-refractivity contribution in [3.63, 3.8) is 0 Å². The lowest BCUT2D eigenvalue weighted by molar-refractivity contribution is -0.0320. The van der Waals surface area contributed by atoms with E-state index < -0.39 is 0 Å². The van der Waals surface area contributed by atoms with Crippen molar-refractivity contribution in [3.05, 3.63) is 33.8 Å². The van der Waals surface area contributed by atoms with Crippen molar-refractivity contribution < 1.29 is 9.47 Å². The van der Waals surface area contributed by atoms with Crippen LogP contribution in [-0.2, 0) is 16.0 Å². The first-order valence-corrected chi connectivity index (χ1v) is 9.02. The van der Waals surface area contributed by atoms with Crippen LogP contribution >= 0.6 is 23.2 Å². The van der Waals surface area contributed by atoms with Gasteiger partial charge in [0.2, 0.25) is 0 Å². The summed E-state index contributed by atoms with van der Waals surface area (Å²) >= 11 is 12.1. The molecular weight excluding hydrogens is 349 g/mol. The Morgan fingerprint density at radius 2 is 2.08 bits per heavy atom. The molecule has 0 spiro atoms. The third-order valence-corrected chi connectivity index (χ3v) is 4.41. The van der Waals surface area contributed by atoms with E-state index in [1.807, 2.05) is 12.1 Å². The SMILES string of the molecule is CN=C(NCCCOC1CCOCC1)NCc1ccc(Cl)cc1Cl. The first kappa shape index (κ1) is 19.3. The molecule has 7 heteroatoms. The van der Waals surface area contributed by atoms with Crippen molar-refractivity contribution in [2.45, 2.75) is 31.9 Å². The predicted molar refractivity (Wildman–Crippen MR) is 99.1 cm³/mol. The van der Waals surface area contributed by atoms with Crippen LogP contribution in [0.5, 0.6) is 0 Å². The Labute approximate surface area is 153 Å². The zero-order valence-corrected chi connectivity index (χ0v) is 15.5. The minimum absolute atomic E-state index is 0.350. The minimum atomic E-state index is 0.350. The van der Waals surface area contributed by atoms with Gasteiger partial charge in [-0.3, -0.25) is 4.99 Å². The van der Waals surface area contributed by atoms with Gasteiger partial charge in [0.05, 0.1) is 6.10 Å². The number of hydrogen-bond acceptors (Lipinski definition) is 3. The number of guanidine groups is 1. The van der Waals surface area contributed by atoms with Gasteiger partial charge in [-0.15, -0.1) is 0 Å². The molecule has 1 aliphatic heterocycles. The minimum Gasteiger partial charge on any atom is -0.381 e. The monoisotopic (exact) mass is 373 g/mol. The third-order valence-electron chi connectivity index (χ3n) is 3.82. The van der Waals surface area contributed by atoms with E-state index in [1.54, 1.807) is 13.1 Å². The van der Waals surface area contributed by atoms with E-state index in [9.17, 15) is 0 Å². The highest BCUT2D eigenvalue weighted by atomic mass is 35.5. The first-order valence-electron chi connectivity index (χ1n) is 8.27. The average Bonchev–Trinajstić information content (AvgIpc) is 2.59. The van der Waals surface area contributed by atoms with Crippen LogP contribution in [0.25, 0.3) is 0 Å². The summed E-state index contributed by atoms with van der Waals surface area (Å²) < 4.78 is 11.2. The highest BCUT2D eigenvalue weighted by molar-refractivity contribution is 6.35. The molecule has 1 aromatic carbocycles. The van der Waals surface area contributed by atoms with Gasteiger partial charge in [-0.1, -0.05) is 29.3 Å². The van der Waals surface area contributed by atoms with Crippen molar-refractivity contribution in [1.82, 2.24) is 10.6 Å². The maximum atomic E-state index is 6.17. The van der Waals surface area contributed by atoms with Gasteiger partial charge in [-0.25, -0.2) is 0 Å². The van der Waals surface area contributed by atoms with Crippen molar-refractivity contribution in [3.8, 4) is 0 Å². The van der Waals surface area contributed by atoms with Crippen LogP contribution in [-0.4, -0.2) is 45.5 Å². The van der Waals surface area contributed by atoms with E-state index in [0.29, 0.717) is 22.7 Å². The van der Waals surface area contributed by atoms with Crippen molar-refractivity contribution in [1.29, 1.82) is 0 Å². The van der Waals surface area contributed by atoms with E-state index in [2.05, 4.69) is 15.6 Å². The molecule has 5 nitrogen and oxygen atoms in total. The molecule has 0 saturated carbocycles. The Kier molecular flexibility index (Phi) is 8.67. The summed E-state index contributed by atoms with van der Waals surface area (Å²) in [6.07, 6.45) is 3.28. The number of nitrogens with zero attached hydrogens (tertiary/aromatic N) is 1. The van der Waals surface area contributed by atoms with Gasteiger partial charge >= 0.3 is 0 Å². The summed E-state index contributed by atoms with van der Waals surface area (Å²) in [5, 5.41) is 7.80. The van der Waals surface area contributed by atoms with Gasteiger partial charge in [0, 0.05) is 50.0 Å². The normalized spacial score (nSPS) is 16.2. The number of halogens is 2. The van der Waals surface area contributed by atoms with Crippen LogP contribution in [0.1, 0.15) is 24.8 Å². The second-order valence-electron chi connectivity index (χ2n) is 5.62. The maximum Gasteiger partial charge on any atom is 0.191 e. The van der Waals surface area contributed by atoms with Crippen LogP contribution in [0.4, 0.5) is 0 Å². The average molecular weight is 374 g/mol. The Hall–Kier alpha value is -1.01. The molecule has 1 aliphatic rings. The number of aliphatic imine (C=N–C) groups is 1. The second kappa shape index (κ2) is 10.8. The van der Waals surface area contributed by atoms with Crippen LogP contribution in [0.15, 0.2) is 23.2 Å². The van der Waals surface area contributed by atoms with Gasteiger partial charge < -0.3 is 20.1 Å². The molecule has 0 amide bonds. The van der Waals surface area contributed by atoms with E-state index in [0.717, 1.165) is 57.2 Å². The molecule has 1 saturated heterocycles. The van der Waals surface area contributed by atoms with E-state index in [1.165, 1.54) is 0 Å². The Morgan fingerprint density at radius 1 is 1.29 bits per heavy atom. The zero-order valence-electron chi connectivity index (χ0n) is 14.0. The number of benzene rings is 1. The highest BCUT2D eigenvalue weighted by Crippen LogP contribution is 2.20. The highest BCUT2D eigenvalue weighted by Gasteiger charge is 2.13. The van der Waals surface area contributed by atoms with Gasteiger partial charge in [0.25, 0.3) is 0 Å². The number of ether oxygens (including phenoxy) is 2. The first-order chi connectivity index (χ1) is 11.7. The summed E-state index contributed by atoms with van der Waals surface area (Å²) in [6, 6.07) is 5.48. The summed E-state index contributed by atoms with van der Waals surface area (Å²) in [7, 11) is 1.75. The summed E-state index contributed by atoms with van der Waals surface area (Å²) in [6.45, 7) is 3.77. The fourth-order valence-corrected chi connectivity index (χ4v) is 2.91. The molecule has 134 valence electrons. The molecule has 24 heavy (non-hydrogen) atoms. The summed E-state index contributed by atoms with van der Waals surface area (Å²) in [4.78, 5) is 4.21. The molecule has 1 aromatic rings. The van der Waals surface area contributed by atoms with Crippen molar-refractivity contribution in [2.24, 2.45) is 4.99 Å². The molecule has 2 rings (SSSR count). The Balaban J connectivity index is 1.61. The molecule has 0 atom stereocenters. The fraction of sp³-hybridized carbons (Fsp3) is 0.588. The Bertz CT molecular complexity index is 535. The molecule has 0 aromatic heterocycles. The third kappa shape index (κ3) is 6.85. The smallest absolute Gasteiger partial charge is 0.191 e. The van der Waals surface area contributed by atoms with Gasteiger partial charge in [0.1, 0.15) is 0 Å². The molecule has 1 heterocycles. The van der Waals surface area contributed by atoms with Crippen LogP contribution in [0.3, 0.4) is 0 Å². The standard InChI is InChI=1S/C17H25Cl2N3O2/c1-20-17(22-12-13-3-4-14(18)11-16(13)19)21-7-2-8-24-15-5-9-23-10-6-15/h3-4,11,15H,2,5-10,12H2,1H3,(H2,20,21,22). The van der Waals surface area contributed by atoms with Crippen LogP contribution in [0.2, 0.25) is 10.0 Å². The van der Waals surface area contributed by atoms with Crippen molar-refractivity contribution in [2.75, 3.05) is 33.4 Å². The lowest BCUT2D eigenvalue weighted by Gasteiger charge is -2.22. The van der Waals surface area contributed by atoms with Gasteiger partial charge in [-0.2, -0.15) is 0 Å². The predicted octanol–water partition coefficient (Wildman–Crippen LogP) is 3.24. The number of rotatable bonds is 7. The number of hydrogen-bond donors (Lipinski definition) is 2. The summed E-state index contributed by atoms with van der Waals surface area (Å²) in [5.74, 6) is 0.743. The van der Waals surface area contributed by atoms with Crippen molar-refractivity contribution >= 4 is 29.2 Å². The number of nitrogens with one attached hydrogen (secondary N) is 2. The summed E-state index contributed by atoms with van der Waals surface area (Å²) in [5.41, 5.74) is 0.979. The molecule has 0 unspecified atom stereocenters. The molecule has 1 fully saturated rings. The lowest BCUT2D eigenvalue weighted by Crippen LogP contribution is -2.37. The van der Waals surface area contributed by atoms with E-state index >= 15 is 0 Å². The molecule has 0 aliphatic carbocycles. The van der Waals surface area contributed by atoms with Gasteiger partial charge in [0.15, 0.2) is 5.96 Å². The fourth-order valence-electron chi connectivity index (χ4n) is 2.44. The van der Waals surface area contributed by atoms with Gasteiger partial charge in [-0.05, 0) is 37.0 Å². The molecule has 2 N–H and O–H groups in total. The topological polar surface area (TPSA) is 54.9 Å². The molecule has 0 bridgehead atoms. The largest absolute Gasteiger partial charge is 0.381 e. The quantitative estimate of drug-likeness (QED) is 0.437. The molecular formula is C17H25Cl2N3O2. The maximum absolute atomic E-state index is 6.17. The van der Waals surface area contributed by atoms with Crippen LogP contribution in [0, 0.1) is 0 Å². The Morgan fingerprint density at radius 3 is 2.79 bits per heavy atom.